The van der Waals surface area contributed by atoms with Gasteiger partial charge < -0.3 is 10.1 Å². The van der Waals surface area contributed by atoms with Crippen LogP contribution in [0, 0.1) is 6.92 Å². The maximum atomic E-state index is 12.9. The van der Waals surface area contributed by atoms with Crippen molar-refractivity contribution >= 4 is 17.7 Å². The zero-order valence-corrected chi connectivity index (χ0v) is 14.7. The number of halogens is 6. The highest BCUT2D eigenvalue weighted by Gasteiger charge is 2.37. The number of methoxy groups -OCH3 is 1. The molecule has 0 bridgehead atoms. The van der Waals surface area contributed by atoms with Gasteiger partial charge in [-0.1, -0.05) is 11.6 Å². The largest absolute Gasteiger partial charge is 0.496 e. The van der Waals surface area contributed by atoms with E-state index < -0.39 is 35.1 Å². The van der Waals surface area contributed by atoms with Crippen molar-refractivity contribution in [1.82, 2.24) is 0 Å². The number of anilines is 1. The summed E-state index contributed by atoms with van der Waals surface area (Å²) in [5.41, 5.74) is -2.25. The molecular formula is C19H15F6NO2. The molecule has 0 aliphatic rings. The molecule has 150 valence electrons. The molecule has 0 heterocycles. The van der Waals surface area contributed by atoms with Gasteiger partial charge in [0.1, 0.15) is 5.75 Å². The molecule has 2 aromatic carbocycles. The van der Waals surface area contributed by atoms with E-state index >= 15 is 0 Å². The monoisotopic (exact) mass is 403 g/mol. The molecule has 0 saturated heterocycles. The van der Waals surface area contributed by atoms with Gasteiger partial charge in [0.15, 0.2) is 0 Å². The molecule has 2 aromatic rings. The maximum absolute atomic E-state index is 12.9. The first-order valence-electron chi connectivity index (χ1n) is 7.83. The van der Waals surface area contributed by atoms with E-state index in [1.165, 1.54) is 13.2 Å². The Hall–Kier alpha value is -2.97. The van der Waals surface area contributed by atoms with Crippen molar-refractivity contribution < 1.29 is 35.9 Å². The summed E-state index contributed by atoms with van der Waals surface area (Å²) in [7, 11) is 1.42. The van der Waals surface area contributed by atoms with Crippen LogP contribution in [0.1, 0.15) is 22.3 Å². The van der Waals surface area contributed by atoms with Gasteiger partial charge in [0, 0.05) is 17.3 Å². The van der Waals surface area contributed by atoms with Crippen molar-refractivity contribution in [2.75, 3.05) is 12.4 Å². The number of amides is 1. The fraction of sp³-hybridized carbons (Fsp3) is 0.211. The number of ether oxygens (including phenoxy) is 1. The number of carbonyl (C=O) groups excluding carboxylic acids is 1. The fourth-order valence-electron chi connectivity index (χ4n) is 2.36. The molecule has 0 aromatic heterocycles. The average molecular weight is 403 g/mol. The van der Waals surface area contributed by atoms with Crippen molar-refractivity contribution in [3.8, 4) is 5.75 Å². The number of benzene rings is 2. The van der Waals surface area contributed by atoms with E-state index in [1.54, 1.807) is 25.1 Å². The van der Waals surface area contributed by atoms with E-state index in [4.69, 9.17) is 4.74 Å². The molecule has 0 fully saturated rings. The van der Waals surface area contributed by atoms with Gasteiger partial charge >= 0.3 is 12.4 Å². The SMILES string of the molecule is COc1ccc(C)cc1/C=C/C(=O)Nc1cc(C(F)(F)F)cc(C(F)(F)F)c1. The van der Waals surface area contributed by atoms with E-state index in [1.807, 2.05) is 5.32 Å². The van der Waals surface area contributed by atoms with Gasteiger partial charge in [0.2, 0.25) is 5.91 Å². The second-order valence-corrected chi connectivity index (χ2v) is 5.86. The number of nitrogens with one attached hydrogen (secondary N) is 1. The number of rotatable bonds is 4. The van der Waals surface area contributed by atoms with Crippen molar-refractivity contribution in [1.29, 1.82) is 0 Å². The van der Waals surface area contributed by atoms with Gasteiger partial charge in [0.05, 0.1) is 18.2 Å². The lowest BCUT2D eigenvalue weighted by Crippen LogP contribution is -2.14. The van der Waals surface area contributed by atoms with Crippen LogP contribution in [0.25, 0.3) is 6.08 Å². The van der Waals surface area contributed by atoms with Crippen LogP contribution in [0.15, 0.2) is 42.5 Å². The molecule has 0 aliphatic carbocycles. The normalized spacial score (nSPS) is 12.3. The predicted molar refractivity (Wildman–Crippen MR) is 91.8 cm³/mol. The van der Waals surface area contributed by atoms with Crippen LogP contribution in [-0.2, 0) is 17.1 Å². The van der Waals surface area contributed by atoms with Gasteiger partial charge in [-0.2, -0.15) is 26.3 Å². The Bertz CT molecular complexity index is 868. The van der Waals surface area contributed by atoms with E-state index in [9.17, 15) is 31.1 Å². The van der Waals surface area contributed by atoms with Crippen molar-refractivity contribution in [2.45, 2.75) is 19.3 Å². The Morgan fingerprint density at radius 1 is 0.964 bits per heavy atom. The standard InChI is InChI=1S/C19H15F6NO2/c1-11-3-5-16(28-2)12(7-11)4-6-17(27)26-15-9-13(18(20,21)22)8-14(10-15)19(23,24)25/h3-10H,1-2H3,(H,26,27)/b6-4+. The number of hydrogen-bond donors (Lipinski definition) is 1. The Balaban J connectivity index is 2.30. The molecule has 0 atom stereocenters. The van der Waals surface area contributed by atoms with Gasteiger partial charge in [-0.3, -0.25) is 4.79 Å². The van der Waals surface area contributed by atoms with Gasteiger partial charge in [0.25, 0.3) is 0 Å². The minimum Gasteiger partial charge on any atom is -0.496 e. The summed E-state index contributed by atoms with van der Waals surface area (Å²) in [6, 6.07) is 6.01. The zero-order chi connectivity index (χ0) is 21.1. The molecule has 0 spiro atoms. The summed E-state index contributed by atoms with van der Waals surface area (Å²) >= 11 is 0. The average Bonchev–Trinajstić information content (AvgIpc) is 2.58. The molecule has 1 amide bonds. The summed E-state index contributed by atoms with van der Waals surface area (Å²) in [4.78, 5) is 12.0. The topological polar surface area (TPSA) is 38.3 Å². The lowest BCUT2D eigenvalue weighted by atomic mass is 10.1. The number of alkyl halides is 6. The number of carbonyl (C=O) groups is 1. The highest BCUT2D eigenvalue weighted by Crippen LogP contribution is 2.37. The van der Waals surface area contributed by atoms with E-state index in [0.29, 0.717) is 23.4 Å². The molecule has 2 rings (SSSR count). The highest BCUT2D eigenvalue weighted by atomic mass is 19.4. The Morgan fingerprint density at radius 3 is 2.04 bits per heavy atom. The first-order valence-corrected chi connectivity index (χ1v) is 7.83. The van der Waals surface area contributed by atoms with E-state index in [2.05, 4.69) is 0 Å². The Labute approximate surface area is 156 Å². The fourth-order valence-corrected chi connectivity index (χ4v) is 2.36. The highest BCUT2D eigenvalue weighted by molar-refractivity contribution is 6.02. The van der Waals surface area contributed by atoms with Crippen LogP contribution < -0.4 is 10.1 Å². The van der Waals surface area contributed by atoms with Crippen molar-refractivity contribution in [2.24, 2.45) is 0 Å². The molecule has 0 radical (unpaired) electrons. The molecule has 0 saturated carbocycles. The molecular weight excluding hydrogens is 388 g/mol. The minimum absolute atomic E-state index is 0.0108. The molecule has 0 unspecified atom stereocenters. The molecule has 3 nitrogen and oxygen atoms in total. The molecule has 1 N–H and O–H groups in total. The van der Waals surface area contributed by atoms with Gasteiger partial charge in [-0.05, 0) is 43.3 Å². The predicted octanol–water partition coefficient (Wildman–Crippen LogP) is 5.69. The molecule has 0 aliphatic heterocycles. The summed E-state index contributed by atoms with van der Waals surface area (Å²) in [5, 5.41) is 2.02. The smallest absolute Gasteiger partial charge is 0.416 e. The van der Waals surface area contributed by atoms with E-state index in [0.717, 1.165) is 11.6 Å². The van der Waals surface area contributed by atoms with Crippen LogP contribution in [0.4, 0.5) is 32.0 Å². The van der Waals surface area contributed by atoms with Gasteiger partial charge in [-0.25, -0.2) is 0 Å². The minimum atomic E-state index is -4.99. The van der Waals surface area contributed by atoms with Crippen LogP contribution in [0.2, 0.25) is 0 Å². The lowest BCUT2D eigenvalue weighted by Gasteiger charge is -2.14. The van der Waals surface area contributed by atoms with Crippen LogP contribution in [-0.4, -0.2) is 13.0 Å². The van der Waals surface area contributed by atoms with Crippen LogP contribution >= 0.6 is 0 Å². The van der Waals surface area contributed by atoms with Crippen LogP contribution in [0.3, 0.4) is 0 Å². The third-order valence-corrected chi connectivity index (χ3v) is 3.65. The number of hydrogen-bond acceptors (Lipinski definition) is 2. The summed E-state index contributed by atoms with van der Waals surface area (Å²) in [6.45, 7) is 1.80. The first kappa shape index (κ1) is 21.3. The summed E-state index contributed by atoms with van der Waals surface area (Å²) in [5.74, 6) is -0.441. The lowest BCUT2D eigenvalue weighted by molar-refractivity contribution is -0.143. The second-order valence-electron chi connectivity index (χ2n) is 5.86. The Morgan fingerprint density at radius 2 is 1.54 bits per heavy atom. The quantitative estimate of drug-likeness (QED) is 0.526. The first-order chi connectivity index (χ1) is 12.9. The third kappa shape index (κ3) is 5.51. The molecule has 9 heteroatoms. The number of aryl methyl sites for hydroxylation is 1. The van der Waals surface area contributed by atoms with Crippen LogP contribution in [0.5, 0.6) is 5.75 Å². The summed E-state index contributed by atoms with van der Waals surface area (Å²) < 4.78 is 82.3. The van der Waals surface area contributed by atoms with E-state index in [-0.39, 0.29) is 6.07 Å². The maximum Gasteiger partial charge on any atom is 0.416 e. The van der Waals surface area contributed by atoms with Gasteiger partial charge in [-0.15, -0.1) is 0 Å². The summed E-state index contributed by atoms with van der Waals surface area (Å²) in [6.07, 6.45) is -7.65. The van der Waals surface area contributed by atoms with Crippen molar-refractivity contribution in [3.05, 3.63) is 64.7 Å². The van der Waals surface area contributed by atoms with Crippen molar-refractivity contribution in [3.63, 3.8) is 0 Å². The second kappa shape index (κ2) is 7.95. The third-order valence-electron chi connectivity index (χ3n) is 3.65. The zero-order valence-electron chi connectivity index (χ0n) is 14.7. The molecule has 28 heavy (non-hydrogen) atoms. The Kier molecular flexibility index (Phi) is 6.06.